The highest BCUT2D eigenvalue weighted by molar-refractivity contribution is 7.09. The Kier molecular flexibility index (Phi) is 5.03. The summed E-state index contributed by atoms with van der Waals surface area (Å²) in [7, 11) is 0. The first-order valence-corrected chi connectivity index (χ1v) is 11.4. The van der Waals surface area contributed by atoms with Gasteiger partial charge in [-0.05, 0) is 37.3 Å². The number of aromatic nitrogens is 2. The number of likely N-dealkylation sites (tertiary alicyclic amines) is 1. The number of amides is 1. The summed E-state index contributed by atoms with van der Waals surface area (Å²) in [5, 5.41) is 2.97. The summed E-state index contributed by atoms with van der Waals surface area (Å²) in [5.74, 6) is 0.628. The highest BCUT2D eigenvalue weighted by Gasteiger charge is 2.41. The third kappa shape index (κ3) is 3.60. The van der Waals surface area contributed by atoms with Gasteiger partial charge < -0.3 is 9.47 Å². The van der Waals surface area contributed by atoms with Gasteiger partial charge in [0.05, 0.1) is 17.1 Å². The second-order valence-electron chi connectivity index (χ2n) is 8.44. The lowest BCUT2D eigenvalue weighted by Crippen LogP contribution is -2.51. The Hall–Kier alpha value is -2.73. The molecule has 30 heavy (non-hydrogen) atoms. The van der Waals surface area contributed by atoms with Gasteiger partial charge in [0.2, 0.25) is 5.91 Å². The maximum atomic E-state index is 13.1. The lowest BCUT2D eigenvalue weighted by molar-refractivity contribution is -0.133. The van der Waals surface area contributed by atoms with Crippen molar-refractivity contribution in [2.75, 3.05) is 13.1 Å². The molecule has 0 spiro atoms. The molecule has 0 saturated carbocycles. The van der Waals surface area contributed by atoms with Gasteiger partial charge in [-0.15, -0.1) is 11.3 Å². The van der Waals surface area contributed by atoms with Crippen LogP contribution in [0.15, 0.2) is 58.7 Å². The maximum Gasteiger partial charge on any atom is 0.251 e. The number of hydrogen-bond acceptors (Lipinski definition) is 4. The molecule has 0 aliphatic carbocycles. The summed E-state index contributed by atoms with van der Waals surface area (Å²) in [6.45, 7) is 3.35. The summed E-state index contributed by atoms with van der Waals surface area (Å²) in [6, 6.07) is 16.0. The maximum absolute atomic E-state index is 13.1. The fourth-order valence-electron chi connectivity index (χ4n) is 5.12. The first-order valence-electron chi connectivity index (χ1n) is 10.5. The molecule has 1 aromatic carbocycles. The average Bonchev–Trinajstić information content (AvgIpc) is 3.16. The Bertz CT molecular complexity index is 1120. The van der Waals surface area contributed by atoms with E-state index in [0.717, 1.165) is 29.2 Å². The van der Waals surface area contributed by atoms with Gasteiger partial charge in [0.15, 0.2) is 0 Å². The lowest BCUT2D eigenvalue weighted by Gasteiger charge is -2.47. The molecular formula is C24H25N3O2S. The number of rotatable bonds is 4. The topological polar surface area (TPSA) is 55.2 Å². The van der Waals surface area contributed by atoms with Crippen LogP contribution in [0, 0.1) is 12.8 Å². The van der Waals surface area contributed by atoms with E-state index in [-0.39, 0.29) is 29.3 Å². The number of hydrogen-bond donors (Lipinski definition) is 0. The zero-order valence-corrected chi connectivity index (χ0v) is 17.8. The quantitative estimate of drug-likeness (QED) is 0.649. The van der Waals surface area contributed by atoms with Gasteiger partial charge in [0.1, 0.15) is 0 Å². The van der Waals surface area contributed by atoms with E-state index in [1.807, 2.05) is 46.0 Å². The van der Waals surface area contributed by atoms with Crippen molar-refractivity contribution < 1.29 is 4.79 Å². The van der Waals surface area contributed by atoms with Gasteiger partial charge in [-0.25, -0.2) is 4.98 Å². The van der Waals surface area contributed by atoms with Crippen LogP contribution in [0.4, 0.5) is 0 Å². The predicted molar refractivity (Wildman–Crippen MR) is 118 cm³/mol. The Balaban J connectivity index is 1.45. The van der Waals surface area contributed by atoms with E-state index in [1.54, 1.807) is 17.4 Å². The van der Waals surface area contributed by atoms with Crippen molar-refractivity contribution in [1.82, 2.24) is 14.5 Å². The molecule has 3 aromatic rings. The van der Waals surface area contributed by atoms with Gasteiger partial charge >= 0.3 is 0 Å². The SMILES string of the molecule is Cc1nc(CC(=O)N2C[C@H]3C[C@@H](C2)[C@H](Cc2ccccc2)n2c3cccc2=O)cs1. The van der Waals surface area contributed by atoms with Gasteiger partial charge in [-0.2, -0.15) is 0 Å². The Morgan fingerprint density at radius 2 is 1.97 bits per heavy atom. The van der Waals surface area contributed by atoms with E-state index in [4.69, 9.17) is 0 Å². The number of pyridine rings is 1. The summed E-state index contributed by atoms with van der Waals surface area (Å²) >= 11 is 1.58. The number of thiazole rings is 1. The first kappa shape index (κ1) is 19.2. The van der Waals surface area contributed by atoms with Crippen LogP contribution in [0.25, 0.3) is 0 Å². The number of benzene rings is 1. The predicted octanol–water partition coefficient (Wildman–Crippen LogP) is 3.59. The second kappa shape index (κ2) is 7.84. The largest absolute Gasteiger partial charge is 0.341 e. The number of carbonyl (C=O) groups excluding carboxylic acids is 1. The van der Waals surface area contributed by atoms with Crippen molar-refractivity contribution >= 4 is 17.2 Å². The molecular weight excluding hydrogens is 394 g/mol. The van der Waals surface area contributed by atoms with Crippen LogP contribution in [0.2, 0.25) is 0 Å². The highest BCUT2D eigenvalue weighted by Crippen LogP contribution is 2.42. The van der Waals surface area contributed by atoms with Crippen LogP contribution in [0.5, 0.6) is 0 Å². The van der Waals surface area contributed by atoms with Crippen molar-refractivity contribution in [3.8, 4) is 0 Å². The minimum absolute atomic E-state index is 0.0702. The Morgan fingerprint density at radius 1 is 1.13 bits per heavy atom. The Labute approximate surface area is 180 Å². The molecule has 4 heterocycles. The monoisotopic (exact) mass is 419 g/mol. The zero-order chi connectivity index (χ0) is 20.7. The molecule has 6 heteroatoms. The molecule has 2 aromatic heterocycles. The van der Waals surface area contributed by atoms with Crippen LogP contribution in [-0.2, 0) is 17.6 Å². The zero-order valence-electron chi connectivity index (χ0n) is 17.0. The van der Waals surface area contributed by atoms with Crippen molar-refractivity contribution in [1.29, 1.82) is 0 Å². The smallest absolute Gasteiger partial charge is 0.251 e. The molecule has 154 valence electrons. The van der Waals surface area contributed by atoms with E-state index in [0.29, 0.717) is 19.5 Å². The first-order chi connectivity index (χ1) is 14.6. The number of carbonyl (C=O) groups is 1. The van der Waals surface area contributed by atoms with Crippen LogP contribution in [0.3, 0.4) is 0 Å². The lowest BCUT2D eigenvalue weighted by atomic mass is 9.76. The minimum Gasteiger partial charge on any atom is -0.341 e. The fraction of sp³-hybridized carbons (Fsp3) is 0.375. The second-order valence-corrected chi connectivity index (χ2v) is 9.50. The van der Waals surface area contributed by atoms with E-state index in [2.05, 4.69) is 23.2 Å². The van der Waals surface area contributed by atoms with E-state index in [9.17, 15) is 9.59 Å². The van der Waals surface area contributed by atoms with Crippen LogP contribution < -0.4 is 5.56 Å². The molecule has 3 atom stereocenters. The van der Waals surface area contributed by atoms with E-state index < -0.39 is 0 Å². The highest BCUT2D eigenvalue weighted by atomic mass is 32.1. The molecule has 1 amide bonds. The average molecular weight is 420 g/mol. The third-order valence-electron chi connectivity index (χ3n) is 6.44. The molecule has 0 radical (unpaired) electrons. The van der Waals surface area contributed by atoms with Gasteiger partial charge in [0, 0.05) is 42.2 Å². The van der Waals surface area contributed by atoms with E-state index >= 15 is 0 Å². The van der Waals surface area contributed by atoms with Gasteiger partial charge in [-0.3, -0.25) is 9.59 Å². The molecule has 0 N–H and O–H groups in total. The fourth-order valence-corrected chi connectivity index (χ4v) is 5.73. The normalized spacial score (nSPS) is 22.6. The number of nitrogens with zero attached hydrogens (tertiary/aromatic N) is 3. The number of aryl methyl sites for hydroxylation is 1. The molecule has 2 bridgehead atoms. The van der Waals surface area contributed by atoms with E-state index in [1.165, 1.54) is 5.56 Å². The molecule has 5 nitrogen and oxygen atoms in total. The number of fused-ring (bicyclic) bond motifs is 4. The van der Waals surface area contributed by atoms with Gasteiger partial charge in [0.25, 0.3) is 5.56 Å². The van der Waals surface area contributed by atoms with Crippen molar-refractivity contribution in [3.05, 3.63) is 86.2 Å². The number of piperidine rings is 1. The standard InChI is InChI=1S/C24H25N3O2S/c1-16-25-20(15-30-16)12-24(29)26-13-18-11-19(14-26)22(10-17-6-3-2-4-7-17)27-21(18)8-5-9-23(27)28/h2-9,15,18-19,22H,10-14H2,1H3/t18-,19+,22+/m1/s1. The van der Waals surface area contributed by atoms with Crippen LogP contribution in [-0.4, -0.2) is 33.4 Å². The summed E-state index contributed by atoms with van der Waals surface area (Å²) in [5.41, 5.74) is 3.22. The summed E-state index contributed by atoms with van der Waals surface area (Å²) in [4.78, 5) is 32.4. The molecule has 2 aliphatic rings. The third-order valence-corrected chi connectivity index (χ3v) is 7.26. The molecule has 5 rings (SSSR count). The van der Waals surface area contributed by atoms with Gasteiger partial charge in [-0.1, -0.05) is 36.4 Å². The molecule has 0 unspecified atom stereocenters. The minimum atomic E-state index is 0.0702. The van der Waals surface area contributed by atoms with Crippen LogP contribution >= 0.6 is 11.3 Å². The van der Waals surface area contributed by atoms with Crippen LogP contribution in [0.1, 0.15) is 40.3 Å². The van der Waals surface area contributed by atoms with Crippen molar-refractivity contribution in [2.24, 2.45) is 5.92 Å². The van der Waals surface area contributed by atoms with Crippen molar-refractivity contribution in [2.45, 2.75) is 38.1 Å². The molecule has 1 saturated heterocycles. The molecule has 2 aliphatic heterocycles. The molecule has 1 fully saturated rings. The Morgan fingerprint density at radius 3 is 2.73 bits per heavy atom. The summed E-state index contributed by atoms with van der Waals surface area (Å²) < 4.78 is 2.01. The summed E-state index contributed by atoms with van der Waals surface area (Å²) in [6.07, 6.45) is 2.19. The van der Waals surface area contributed by atoms with Crippen molar-refractivity contribution in [3.63, 3.8) is 0 Å².